The minimum Gasteiger partial charge on any atom is -0.388 e. The molecule has 2 nitrogen and oxygen atoms in total. The van der Waals surface area contributed by atoms with Crippen LogP contribution >= 0.6 is 0 Å². The first-order valence-electron chi connectivity index (χ1n) is 3.36. The first kappa shape index (κ1) is 8.66. The van der Waals surface area contributed by atoms with Crippen molar-refractivity contribution in [3.05, 3.63) is 12.2 Å². The van der Waals surface area contributed by atoms with Crippen LogP contribution in [0.3, 0.4) is 0 Å². The van der Waals surface area contributed by atoms with Gasteiger partial charge in [0.1, 0.15) is 0 Å². The molecule has 0 rings (SSSR count). The van der Waals surface area contributed by atoms with E-state index in [1.54, 1.807) is 6.08 Å². The summed E-state index contributed by atoms with van der Waals surface area (Å²) in [6.07, 6.45) is 5.39. The van der Waals surface area contributed by atoms with E-state index in [2.05, 4.69) is 6.92 Å². The zero-order valence-corrected chi connectivity index (χ0v) is 5.88. The number of aliphatic hydroxyl groups is 1. The van der Waals surface area contributed by atoms with Crippen molar-refractivity contribution >= 4 is 0 Å². The van der Waals surface area contributed by atoms with Crippen LogP contribution in [0.25, 0.3) is 0 Å². The van der Waals surface area contributed by atoms with Gasteiger partial charge >= 0.3 is 0 Å². The summed E-state index contributed by atoms with van der Waals surface area (Å²) in [5.74, 6) is 0. The zero-order chi connectivity index (χ0) is 7.11. The van der Waals surface area contributed by atoms with Gasteiger partial charge in [-0.25, -0.2) is 0 Å². The minimum absolute atomic E-state index is 0.320. The average Bonchev–Trinajstić information content (AvgIpc) is 1.89. The summed E-state index contributed by atoms with van der Waals surface area (Å²) in [7, 11) is 0. The van der Waals surface area contributed by atoms with E-state index >= 15 is 0 Å². The topological polar surface area (TPSA) is 46.2 Å². The van der Waals surface area contributed by atoms with Gasteiger partial charge in [0.15, 0.2) is 0 Å². The molecular weight excluding hydrogens is 114 g/mol. The highest BCUT2D eigenvalue weighted by molar-refractivity contribution is 4.88. The summed E-state index contributed by atoms with van der Waals surface area (Å²) in [6, 6.07) is 0. The monoisotopic (exact) mass is 129 g/mol. The summed E-state index contributed by atoms with van der Waals surface area (Å²) < 4.78 is 0. The number of hydrogen-bond donors (Lipinski definition) is 2. The maximum absolute atomic E-state index is 8.87. The molecule has 1 atom stereocenters. The minimum atomic E-state index is -0.448. The van der Waals surface area contributed by atoms with Gasteiger partial charge < -0.3 is 10.8 Å². The molecule has 0 radical (unpaired) electrons. The van der Waals surface area contributed by atoms with Gasteiger partial charge in [0.2, 0.25) is 0 Å². The molecule has 54 valence electrons. The summed E-state index contributed by atoms with van der Waals surface area (Å²) in [5.41, 5.74) is 5.15. The van der Waals surface area contributed by atoms with E-state index in [0.29, 0.717) is 6.54 Å². The first-order chi connectivity index (χ1) is 4.31. The van der Waals surface area contributed by atoms with E-state index in [1.165, 1.54) is 0 Å². The molecule has 0 heterocycles. The van der Waals surface area contributed by atoms with Crippen molar-refractivity contribution in [3.63, 3.8) is 0 Å². The fourth-order valence-corrected chi connectivity index (χ4v) is 0.499. The molecule has 1 unspecified atom stereocenters. The lowest BCUT2D eigenvalue weighted by Gasteiger charge is -1.97. The van der Waals surface area contributed by atoms with E-state index in [9.17, 15) is 0 Å². The number of hydrogen-bond acceptors (Lipinski definition) is 2. The molecule has 0 amide bonds. The highest BCUT2D eigenvalue weighted by Crippen LogP contribution is 1.90. The number of nitrogens with two attached hydrogens (primary N) is 1. The van der Waals surface area contributed by atoms with Crippen molar-refractivity contribution < 1.29 is 5.11 Å². The van der Waals surface area contributed by atoms with Gasteiger partial charge in [-0.05, 0) is 6.42 Å². The molecule has 3 N–H and O–H groups in total. The number of aliphatic hydroxyl groups excluding tert-OH is 1. The molecule has 0 aromatic rings. The van der Waals surface area contributed by atoms with Gasteiger partial charge in [0.05, 0.1) is 6.10 Å². The summed E-state index contributed by atoms with van der Waals surface area (Å²) in [4.78, 5) is 0. The van der Waals surface area contributed by atoms with Crippen molar-refractivity contribution in [1.29, 1.82) is 0 Å². The van der Waals surface area contributed by atoms with Crippen LogP contribution in [0.4, 0.5) is 0 Å². The van der Waals surface area contributed by atoms with Gasteiger partial charge in [0, 0.05) is 6.54 Å². The molecular formula is C7H15NO. The lowest BCUT2D eigenvalue weighted by atomic mass is 10.2. The molecule has 0 aliphatic rings. The fraction of sp³-hybridized carbons (Fsp3) is 0.714. The third-order valence-corrected chi connectivity index (χ3v) is 1.06. The van der Waals surface area contributed by atoms with Crippen LogP contribution in [0.2, 0.25) is 0 Å². The Morgan fingerprint density at radius 2 is 2.33 bits per heavy atom. The van der Waals surface area contributed by atoms with Crippen LogP contribution in [0.5, 0.6) is 0 Å². The van der Waals surface area contributed by atoms with Crippen LogP contribution in [-0.2, 0) is 0 Å². The van der Waals surface area contributed by atoms with Crippen LogP contribution in [0.15, 0.2) is 12.2 Å². The van der Waals surface area contributed by atoms with Crippen LogP contribution in [-0.4, -0.2) is 17.8 Å². The van der Waals surface area contributed by atoms with Gasteiger partial charge in [-0.1, -0.05) is 25.5 Å². The molecule has 0 fully saturated rings. The molecule has 0 aromatic carbocycles. The Hall–Kier alpha value is -0.340. The zero-order valence-electron chi connectivity index (χ0n) is 5.88. The Kier molecular flexibility index (Phi) is 5.57. The predicted octanol–water partition coefficient (Wildman–Crippen LogP) is 0.662. The summed E-state index contributed by atoms with van der Waals surface area (Å²) in [5, 5.41) is 8.87. The van der Waals surface area contributed by atoms with E-state index in [4.69, 9.17) is 10.8 Å². The average molecular weight is 129 g/mol. The van der Waals surface area contributed by atoms with Crippen molar-refractivity contribution in [2.75, 3.05) is 6.54 Å². The summed E-state index contributed by atoms with van der Waals surface area (Å²) in [6.45, 7) is 2.42. The highest BCUT2D eigenvalue weighted by Gasteiger charge is 1.89. The molecule has 2 heteroatoms. The lowest BCUT2D eigenvalue weighted by molar-refractivity contribution is 0.231. The SMILES string of the molecule is CCC/C=C/C(O)CN. The second-order valence-corrected chi connectivity index (χ2v) is 2.02. The van der Waals surface area contributed by atoms with Gasteiger partial charge in [-0.15, -0.1) is 0 Å². The Morgan fingerprint density at radius 1 is 1.67 bits per heavy atom. The number of unbranched alkanes of at least 4 members (excludes halogenated alkanes) is 1. The van der Waals surface area contributed by atoms with Crippen molar-refractivity contribution in [2.45, 2.75) is 25.9 Å². The van der Waals surface area contributed by atoms with Gasteiger partial charge in [-0.2, -0.15) is 0 Å². The van der Waals surface area contributed by atoms with Crippen molar-refractivity contribution in [2.24, 2.45) is 5.73 Å². The maximum Gasteiger partial charge on any atom is 0.0843 e. The molecule has 0 aliphatic heterocycles. The molecule has 0 spiro atoms. The standard InChI is InChI=1S/C7H15NO/c1-2-3-4-5-7(9)6-8/h4-5,7,9H,2-3,6,8H2,1H3/b5-4+. The molecule has 0 bridgehead atoms. The largest absolute Gasteiger partial charge is 0.388 e. The number of rotatable bonds is 4. The third kappa shape index (κ3) is 5.53. The molecule has 0 aromatic heterocycles. The fourth-order valence-electron chi connectivity index (χ4n) is 0.499. The van der Waals surface area contributed by atoms with Gasteiger partial charge in [-0.3, -0.25) is 0 Å². The predicted molar refractivity (Wildman–Crippen MR) is 39.1 cm³/mol. The Morgan fingerprint density at radius 3 is 2.78 bits per heavy atom. The normalized spacial score (nSPS) is 14.6. The highest BCUT2D eigenvalue weighted by atomic mass is 16.3. The van der Waals surface area contributed by atoms with Crippen molar-refractivity contribution in [3.8, 4) is 0 Å². The van der Waals surface area contributed by atoms with E-state index < -0.39 is 6.10 Å². The molecule has 0 aliphatic carbocycles. The first-order valence-corrected chi connectivity index (χ1v) is 3.36. The third-order valence-electron chi connectivity index (χ3n) is 1.06. The molecule has 9 heavy (non-hydrogen) atoms. The lowest BCUT2D eigenvalue weighted by Crippen LogP contribution is -2.16. The Labute approximate surface area is 56.4 Å². The molecule has 0 saturated carbocycles. The van der Waals surface area contributed by atoms with Crippen molar-refractivity contribution in [1.82, 2.24) is 0 Å². The smallest absolute Gasteiger partial charge is 0.0843 e. The summed E-state index contributed by atoms with van der Waals surface area (Å²) >= 11 is 0. The maximum atomic E-state index is 8.87. The Balaban J connectivity index is 3.20. The van der Waals surface area contributed by atoms with E-state index in [0.717, 1.165) is 12.8 Å². The van der Waals surface area contributed by atoms with Crippen LogP contribution in [0, 0.1) is 0 Å². The second kappa shape index (κ2) is 5.79. The quantitative estimate of drug-likeness (QED) is 0.548. The Bertz CT molecular complexity index is 81.0. The van der Waals surface area contributed by atoms with Gasteiger partial charge in [0.25, 0.3) is 0 Å². The number of allylic oxidation sites excluding steroid dienone is 1. The van der Waals surface area contributed by atoms with Crippen LogP contribution in [0.1, 0.15) is 19.8 Å². The second-order valence-electron chi connectivity index (χ2n) is 2.02. The van der Waals surface area contributed by atoms with E-state index in [-0.39, 0.29) is 0 Å². The molecule has 0 saturated heterocycles. The van der Waals surface area contributed by atoms with E-state index in [1.807, 2.05) is 6.08 Å². The van der Waals surface area contributed by atoms with Crippen LogP contribution < -0.4 is 5.73 Å².